The maximum Gasteiger partial charge on any atom is 0.305 e. The van der Waals surface area contributed by atoms with Gasteiger partial charge in [0.15, 0.2) is 0 Å². The smallest absolute Gasteiger partial charge is 0.305 e. The summed E-state index contributed by atoms with van der Waals surface area (Å²) in [4.78, 5) is 12.0. The first-order valence-electron chi connectivity index (χ1n) is 25.5. The topological polar surface area (TPSA) is 26.3 Å². The van der Waals surface area contributed by atoms with Crippen molar-refractivity contribution < 1.29 is 9.53 Å². The number of carbonyl (C=O) groups excluding carboxylic acids is 1. The van der Waals surface area contributed by atoms with Gasteiger partial charge in [-0.3, -0.25) is 4.79 Å². The van der Waals surface area contributed by atoms with E-state index in [1.54, 1.807) is 0 Å². The van der Waals surface area contributed by atoms with E-state index in [0.29, 0.717) is 13.0 Å². The lowest BCUT2D eigenvalue weighted by Crippen LogP contribution is -2.05. The lowest BCUT2D eigenvalue weighted by Gasteiger charge is -2.06. The van der Waals surface area contributed by atoms with Gasteiger partial charge in [-0.05, 0) is 12.8 Å². The molecule has 0 atom stereocenters. The number of ether oxygens (including phenoxy) is 1. The Labute approximate surface area is 336 Å². The van der Waals surface area contributed by atoms with Crippen LogP contribution in [0, 0.1) is 0 Å². The molecule has 0 radical (unpaired) electrons. The predicted octanol–water partition coefficient (Wildman–Crippen LogP) is 18.9. The number of esters is 1. The maximum atomic E-state index is 12.0. The number of unbranched alkanes of at least 4 members (excludes halogenated alkanes) is 44. The molecule has 0 N–H and O–H groups in total. The van der Waals surface area contributed by atoms with Gasteiger partial charge >= 0.3 is 5.97 Å². The number of rotatable bonds is 48. The van der Waals surface area contributed by atoms with E-state index in [4.69, 9.17) is 4.74 Å². The van der Waals surface area contributed by atoms with Crippen LogP contribution in [0.1, 0.15) is 316 Å². The van der Waals surface area contributed by atoms with E-state index in [1.165, 1.54) is 283 Å². The van der Waals surface area contributed by atoms with E-state index < -0.39 is 0 Å². The molecule has 0 rings (SSSR count). The van der Waals surface area contributed by atoms with Gasteiger partial charge in [-0.25, -0.2) is 0 Å². The fourth-order valence-electron chi connectivity index (χ4n) is 8.20. The van der Waals surface area contributed by atoms with Crippen LogP contribution < -0.4 is 0 Å². The van der Waals surface area contributed by atoms with E-state index in [1.807, 2.05) is 0 Å². The average Bonchev–Trinajstić information content (AvgIpc) is 3.16. The number of hydrogen-bond donors (Lipinski definition) is 0. The highest BCUT2D eigenvalue weighted by Crippen LogP contribution is 2.18. The lowest BCUT2D eigenvalue weighted by molar-refractivity contribution is -0.143. The molecule has 0 amide bonds. The Morgan fingerprint density at radius 3 is 0.623 bits per heavy atom. The predicted molar refractivity (Wildman–Crippen MR) is 239 cm³/mol. The maximum absolute atomic E-state index is 12.0. The summed E-state index contributed by atoms with van der Waals surface area (Å²) in [6.07, 6.45) is 65.4. The van der Waals surface area contributed by atoms with Gasteiger partial charge < -0.3 is 4.74 Å². The number of hydrogen-bond acceptors (Lipinski definition) is 2. The quantitative estimate of drug-likeness (QED) is 0.0458. The first-order valence-corrected chi connectivity index (χ1v) is 25.5. The van der Waals surface area contributed by atoms with Crippen LogP contribution >= 0.6 is 0 Å². The third-order valence-electron chi connectivity index (χ3n) is 12.0. The Balaban J connectivity index is 3.12. The summed E-state index contributed by atoms with van der Waals surface area (Å²) in [5, 5.41) is 0. The zero-order valence-electron chi connectivity index (χ0n) is 37.3. The van der Waals surface area contributed by atoms with Gasteiger partial charge in [0.25, 0.3) is 0 Å². The third-order valence-corrected chi connectivity index (χ3v) is 12.0. The molecule has 0 fully saturated rings. The van der Waals surface area contributed by atoms with Crippen LogP contribution in [0.5, 0.6) is 0 Å². The molecule has 0 aromatic heterocycles. The molecular weight excluding hydrogens is 645 g/mol. The molecule has 0 aromatic carbocycles. The summed E-state index contributed by atoms with van der Waals surface area (Å²) >= 11 is 0. The van der Waals surface area contributed by atoms with Crippen molar-refractivity contribution in [3.8, 4) is 0 Å². The molecular formula is C51H102O2. The van der Waals surface area contributed by atoms with Crippen LogP contribution in [0.4, 0.5) is 0 Å². The van der Waals surface area contributed by atoms with Crippen molar-refractivity contribution in [2.45, 2.75) is 316 Å². The summed E-state index contributed by atoms with van der Waals surface area (Å²) in [5.74, 6) is 0.0321. The molecule has 53 heavy (non-hydrogen) atoms. The van der Waals surface area contributed by atoms with Crippen LogP contribution in [-0.4, -0.2) is 12.6 Å². The van der Waals surface area contributed by atoms with Gasteiger partial charge in [-0.1, -0.05) is 296 Å². The summed E-state index contributed by atoms with van der Waals surface area (Å²) < 4.78 is 5.48. The Kier molecular flexibility index (Phi) is 49.0. The molecule has 0 spiro atoms. The van der Waals surface area contributed by atoms with Gasteiger partial charge in [0.05, 0.1) is 6.61 Å². The minimum Gasteiger partial charge on any atom is -0.466 e. The fraction of sp³-hybridized carbons (Fsp3) is 0.980. The van der Waals surface area contributed by atoms with Crippen molar-refractivity contribution in [2.24, 2.45) is 0 Å². The minimum absolute atomic E-state index is 0.0321. The van der Waals surface area contributed by atoms with Crippen molar-refractivity contribution in [1.82, 2.24) is 0 Å². The van der Waals surface area contributed by atoms with Gasteiger partial charge in [-0.15, -0.1) is 0 Å². The van der Waals surface area contributed by atoms with Crippen LogP contribution in [-0.2, 0) is 9.53 Å². The summed E-state index contributed by atoms with van der Waals surface area (Å²) in [7, 11) is 0. The molecule has 0 aliphatic rings. The van der Waals surface area contributed by atoms with E-state index >= 15 is 0 Å². The zero-order valence-corrected chi connectivity index (χ0v) is 37.3. The number of carbonyl (C=O) groups is 1. The normalized spacial score (nSPS) is 11.5. The van der Waals surface area contributed by atoms with Crippen LogP contribution in [0.25, 0.3) is 0 Å². The zero-order chi connectivity index (χ0) is 38.2. The van der Waals surface area contributed by atoms with E-state index in [9.17, 15) is 4.79 Å². The largest absolute Gasteiger partial charge is 0.466 e. The first kappa shape index (κ1) is 52.5. The minimum atomic E-state index is 0.0321. The molecule has 0 aromatic rings. The molecule has 0 saturated carbocycles. The molecule has 0 heterocycles. The van der Waals surface area contributed by atoms with Gasteiger partial charge in [-0.2, -0.15) is 0 Å². The molecule has 0 bridgehead atoms. The summed E-state index contributed by atoms with van der Waals surface area (Å²) in [6, 6.07) is 0. The van der Waals surface area contributed by atoms with Gasteiger partial charge in [0.2, 0.25) is 0 Å². The Bertz CT molecular complexity index is 644. The Morgan fingerprint density at radius 2 is 0.415 bits per heavy atom. The highest BCUT2D eigenvalue weighted by Gasteiger charge is 2.03. The molecule has 2 nitrogen and oxygen atoms in total. The lowest BCUT2D eigenvalue weighted by atomic mass is 10.0. The van der Waals surface area contributed by atoms with Crippen LogP contribution in [0.3, 0.4) is 0 Å². The molecule has 2 heteroatoms. The van der Waals surface area contributed by atoms with E-state index in [0.717, 1.165) is 12.8 Å². The highest BCUT2D eigenvalue weighted by molar-refractivity contribution is 5.69. The Morgan fingerprint density at radius 1 is 0.245 bits per heavy atom. The second-order valence-electron chi connectivity index (χ2n) is 17.5. The summed E-state index contributed by atoms with van der Waals surface area (Å²) in [5.41, 5.74) is 0. The highest BCUT2D eigenvalue weighted by atomic mass is 16.5. The molecule has 0 unspecified atom stereocenters. The van der Waals surface area contributed by atoms with Crippen molar-refractivity contribution >= 4 is 5.97 Å². The third kappa shape index (κ3) is 49.5. The van der Waals surface area contributed by atoms with Gasteiger partial charge in [0.1, 0.15) is 0 Å². The molecule has 318 valence electrons. The standard InChI is InChI=1S/C51H102O2/c1-3-5-7-9-11-13-15-17-19-20-21-22-23-24-25-26-27-28-29-30-31-32-33-34-35-36-38-40-42-44-46-48-50-53-51(52)49-47-45-43-41-39-37-18-16-14-12-10-8-6-4-2/h3-50H2,1-2H3. The second kappa shape index (κ2) is 49.5. The van der Waals surface area contributed by atoms with Crippen molar-refractivity contribution in [2.75, 3.05) is 6.61 Å². The van der Waals surface area contributed by atoms with Crippen LogP contribution in [0.2, 0.25) is 0 Å². The monoisotopic (exact) mass is 747 g/mol. The first-order chi connectivity index (χ1) is 26.3. The van der Waals surface area contributed by atoms with Crippen LogP contribution in [0.15, 0.2) is 0 Å². The van der Waals surface area contributed by atoms with Crippen molar-refractivity contribution in [3.63, 3.8) is 0 Å². The summed E-state index contributed by atoms with van der Waals surface area (Å²) in [6.45, 7) is 5.23. The fourth-order valence-corrected chi connectivity index (χ4v) is 8.20. The second-order valence-corrected chi connectivity index (χ2v) is 17.5. The SMILES string of the molecule is CCCCCCCCCCCCCCCCCCCCCCCCCCCCCCCCCCOC(=O)CCCCCCCCCCCCCCCC. The molecule has 0 aliphatic heterocycles. The Hall–Kier alpha value is -0.530. The van der Waals surface area contributed by atoms with E-state index in [-0.39, 0.29) is 5.97 Å². The molecule has 0 aliphatic carbocycles. The van der Waals surface area contributed by atoms with Crippen molar-refractivity contribution in [3.05, 3.63) is 0 Å². The molecule has 0 saturated heterocycles. The van der Waals surface area contributed by atoms with Gasteiger partial charge in [0, 0.05) is 6.42 Å². The van der Waals surface area contributed by atoms with E-state index in [2.05, 4.69) is 13.8 Å². The van der Waals surface area contributed by atoms with Crippen molar-refractivity contribution in [1.29, 1.82) is 0 Å². The average molecular weight is 747 g/mol.